The van der Waals surface area contributed by atoms with Crippen molar-refractivity contribution in [3.8, 4) is 28.4 Å². The number of H-pyrrole nitrogens is 1. The first-order valence-electron chi connectivity index (χ1n) is 7.53. The van der Waals surface area contributed by atoms with E-state index in [1.807, 2.05) is 37.3 Å². The van der Waals surface area contributed by atoms with Gasteiger partial charge in [-0.25, -0.2) is 0 Å². The minimum absolute atomic E-state index is 0.203. The standard InChI is InChI=1S/C19H19NO4/c1-11-17(22-2)16-15(19(24-4)18(11)23-3)13(10-14(21)20-16)12-8-6-5-7-9-12/h5-10H,1-4H3,(H,20,21). The van der Waals surface area contributed by atoms with E-state index in [2.05, 4.69) is 4.98 Å². The molecular weight excluding hydrogens is 306 g/mol. The van der Waals surface area contributed by atoms with Crippen LogP contribution < -0.4 is 19.8 Å². The van der Waals surface area contributed by atoms with Crippen molar-refractivity contribution in [1.29, 1.82) is 0 Å². The van der Waals surface area contributed by atoms with Crippen LogP contribution in [0.4, 0.5) is 0 Å². The highest BCUT2D eigenvalue weighted by molar-refractivity contribution is 6.04. The van der Waals surface area contributed by atoms with E-state index >= 15 is 0 Å². The number of pyridine rings is 1. The number of rotatable bonds is 4. The van der Waals surface area contributed by atoms with Gasteiger partial charge in [0, 0.05) is 17.2 Å². The third-order valence-electron chi connectivity index (χ3n) is 4.08. The van der Waals surface area contributed by atoms with Crippen molar-refractivity contribution in [1.82, 2.24) is 4.98 Å². The fourth-order valence-corrected chi connectivity index (χ4v) is 3.08. The van der Waals surface area contributed by atoms with Gasteiger partial charge in [-0.2, -0.15) is 0 Å². The molecule has 1 heterocycles. The molecule has 0 saturated carbocycles. The quantitative estimate of drug-likeness (QED) is 0.797. The largest absolute Gasteiger partial charge is 0.494 e. The zero-order chi connectivity index (χ0) is 17.3. The van der Waals surface area contributed by atoms with Crippen LogP contribution in [0.5, 0.6) is 17.2 Å². The van der Waals surface area contributed by atoms with Gasteiger partial charge < -0.3 is 19.2 Å². The molecule has 3 aromatic rings. The highest BCUT2D eigenvalue weighted by Gasteiger charge is 2.23. The van der Waals surface area contributed by atoms with Crippen LogP contribution in [0.15, 0.2) is 41.2 Å². The summed E-state index contributed by atoms with van der Waals surface area (Å²) in [6.07, 6.45) is 0. The smallest absolute Gasteiger partial charge is 0.249 e. The second kappa shape index (κ2) is 6.28. The van der Waals surface area contributed by atoms with Gasteiger partial charge in [-0.1, -0.05) is 30.3 Å². The summed E-state index contributed by atoms with van der Waals surface area (Å²) in [7, 11) is 4.74. The number of hydrogen-bond acceptors (Lipinski definition) is 4. The Balaban J connectivity index is 2.57. The summed E-state index contributed by atoms with van der Waals surface area (Å²) in [5, 5.41) is 0.752. The molecule has 1 aromatic heterocycles. The van der Waals surface area contributed by atoms with Crippen LogP contribution in [0.1, 0.15) is 5.56 Å². The molecule has 0 aliphatic rings. The van der Waals surface area contributed by atoms with Crippen LogP contribution in [0.25, 0.3) is 22.0 Å². The van der Waals surface area contributed by atoms with Crippen molar-refractivity contribution in [2.24, 2.45) is 0 Å². The van der Waals surface area contributed by atoms with Crippen molar-refractivity contribution in [3.63, 3.8) is 0 Å². The number of benzene rings is 2. The first-order chi connectivity index (χ1) is 11.6. The molecule has 124 valence electrons. The molecule has 0 radical (unpaired) electrons. The van der Waals surface area contributed by atoms with E-state index in [4.69, 9.17) is 14.2 Å². The zero-order valence-electron chi connectivity index (χ0n) is 14.1. The Morgan fingerprint density at radius 2 is 1.50 bits per heavy atom. The van der Waals surface area contributed by atoms with Crippen LogP contribution in [-0.4, -0.2) is 26.3 Å². The van der Waals surface area contributed by atoms with Gasteiger partial charge in [0.25, 0.3) is 0 Å². The molecule has 0 saturated heterocycles. The van der Waals surface area contributed by atoms with Gasteiger partial charge in [0.2, 0.25) is 5.56 Å². The fraction of sp³-hybridized carbons (Fsp3) is 0.211. The minimum atomic E-state index is -0.203. The molecule has 0 bridgehead atoms. The predicted octanol–water partition coefficient (Wildman–Crippen LogP) is 3.53. The number of nitrogens with one attached hydrogen (secondary N) is 1. The summed E-state index contributed by atoms with van der Waals surface area (Å²) in [6.45, 7) is 1.87. The highest BCUT2D eigenvalue weighted by Crippen LogP contribution is 2.47. The van der Waals surface area contributed by atoms with Gasteiger partial charge in [-0.05, 0) is 12.5 Å². The Morgan fingerprint density at radius 1 is 0.875 bits per heavy atom. The third-order valence-corrected chi connectivity index (χ3v) is 4.08. The number of methoxy groups -OCH3 is 3. The molecule has 2 aromatic carbocycles. The molecule has 0 aliphatic heterocycles. The van der Waals surface area contributed by atoms with Crippen molar-refractivity contribution in [3.05, 3.63) is 52.3 Å². The van der Waals surface area contributed by atoms with E-state index in [0.717, 1.165) is 22.1 Å². The van der Waals surface area contributed by atoms with E-state index in [1.54, 1.807) is 27.4 Å². The van der Waals surface area contributed by atoms with E-state index in [0.29, 0.717) is 22.8 Å². The summed E-state index contributed by atoms with van der Waals surface area (Å²) >= 11 is 0. The second-order valence-corrected chi connectivity index (χ2v) is 5.39. The van der Waals surface area contributed by atoms with Gasteiger partial charge in [-0.15, -0.1) is 0 Å². The Labute approximate surface area is 139 Å². The van der Waals surface area contributed by atoms with Gasteiger partial charge in [0.1, 0.15) is 5.75 Å². The van der Waals surface area contributed by atoms with Gasteiger partial charge in [0.15, 0.2) is 11.5 Å². The van der Waals surface area contributed by atoms with Crippen LogP contribution in [-0.2, 0) is 0 Å². The zero-order valence-corrected chi connectivity index (χ0v) is 14.1. The molecular formula is C19H19NO4. The summed E-state index contributed by atoms with van der Waals surface area (Å²) < 4.78 is 16.7. The first kappa shape index (κ1) is 15.9. The molecule has 0 fully saturated rings. The Bertz CT molecular complexity index is 945. The number of hydrogen-bond donors (Lipinski definition) is 1. The lowest BCUT2D eigenvalue weighted by Gasteiger charge is -2.19. The van der Waals surface area contributed by atoms with E-state index in [-0.39, 0.29) is 5.56 Å². The second-order valence-electron chi connectivity index (χ2n) is 5.39. The molecule has 5 heteroatoms. The minimum Gasteiger partial charge on any atom is -0.494 e. The maximum absolute atomic E-state index is 12.2. The molecule has 0 atom stereocenters. The van der Waals surface area contributed by atoms with E-state index < -0.39 is 0 Å². The normalized spacial score (nSPS) is 10.7. The maximum Gasteiger partial charge on any atom is 0.249 e. The average molecular weight is 325 g/mol. The predicted molar refractivity (Wildman–Crippen MR) is 94.4 cm³/mol. The highest BCUT2D eigenvalue weighted by atomic mass is 16.5. The van der Waals surface area contributed by atoms with Crippen LogP contribution >= 0.6 is 0 Å². The van der Waals surface area contributed by atoms with Gasteiger partial charge in [0.05, 0.1) is 32.2 Å². The van der Waals surface area contributed by atoms with Crippen molar-refractivity contribution in [2.75, 3.05) is 21.3 Å². The fourth-order valence-electron chi connectivity index (χ4n) is 3.08. The molecule has 1 N–H and O–H groups in total. The summed E-state index contributed by atoms with van der Waals surface area (Å²) in [5.74, 6) is 1.73. The van der Waals surface area contributed by atoms with Crippen molar-refractivity contribution >= 4 is 10.9 Å². The SMILES string of the molecule is COc1c(C)c(OC)c2[nH]c(=O)cc(-c3ccccc3)c2c1OC. The molecule has 0 aliphatic carbocycles. The van der Waals surface area contributed by atoms with Gasteiger partial charge in [-0.3, -0.25) is 4.79 Å². The third kappa shape index (κ3) is 2.38. The first-order valence-corrected chi connectivity index (χ1v) is 7.53. The molecule has 0 amide bonds. The number of ether oxygens (including phenoxy) is 3. The van der Waals surface area contributed by atoms with Crippen LogP contribution in [0, 0.1) is 6.92 Å². The molecule has 5 nitrogen and oxygen atoms in total. The number of aromatic nitrogens is 1. The summed E-state index contributed by atoms with van der Waals surface area (Å²) in [5.41, 5.74) is 2.85. The lowest BCUT2D eigenvalue weighted by molar-refractivity contribution is 0.350. The molecule has 3 rings (SSSR count). The van der Waals surface area contributed by atoms with Crippen LogP contribution in [0.3, 0.4) is 0 Å². The van der Waals surface area contributed by atoms with E-state index in [9.17, 15) is 4.79 Å². The Morgan fingerprint density at radius 3 is 2.08 bits per heavy atom. The summed E-state index contributed by atoms with van der Waals surface area (Å²) in [4.78, 5) is 15.1. The monoisotopic (exact) mass is 325 g/mol. The number of fused-ring (bicyclic) bond motifs is 1. The van der Waals surface area contributed by atoms with Crippen LogP contribution in [0.2, 0.25) is 0 Å². The molecule has 0 spiro atoms. The Hall–Kier alpha value is -2.95. The van der Waals surface area contributed by atoms with Crippen molar-refractivity contribution < 1.29 is 14.2 Å². The average Bonchev–Trinajstić information content (AvgIpc) is 2.60. The summed E-state index contributed by atoms with van der Waals surface area (Å²) in [6, 6.07) is 11.3. The van der Waals surface area contributed by atoms with Crippen molar-refractivity contribution in [2.45, 2.75) is 6.92 Å². The lowest BCUT2D eigenvalue weighted by atomic mass is 9.98. The molecule has 24 heavy (non-hydrogen) atoms. The Kier molecular flexibility index (Phi) is 4.16. The molecule has 0 unspecified atom stereocenters. The topological polar surface area (TPSA) is 60.5 Å². The van der Waals surface area contributed by atoms with E-state index in [1.165, 1.54) is 0 Å². The number of aromatic amines is 1. The maximum atomic E-state index is 12.2. The lowest BCUT2D eigenvalue weighted by Crippen LogP contribution is -2.08. The van der Waals surface area contributed by atoms with Gasteiger partial charge >= 0.3 is 0 Å².